The zero-order valence-corrected chi connectivity index (χ0v) is 11.0. The number of benzene rings is 1. The molecule has 1 aromatic carbocycles. The summed E-state index contributed by atoms with van der Waals surface area (Å²) in [7, 11) is 2.04. The van der Waals surface area contributed by atoms with Gasteiger partial charge < -0.3 is 9.88 Å². The van der Waals surface area contributed by atoms with Crippen molar-refractivity contribution in [3.05, 3.63) is 41.6 Å². The van der Waals surface area contributed by atoms with E-state index in [1.165, 1.54) is 6.07 Å². The molecule has 3 rings (SSSR count). The Kier molecular flexibility index (Phi) is 2.90. The largest absolute Gasteiger partial charge is 0.361 e. The molecule has 1 N–H and O–H groups in total. The fraction of sp³-hybridized carbons (Fsp3) is 0.333. The maximum Gasteiger partial charge on any atom is 0.168 e. The predicted molar refractivity (Wildman–Crippen MR) is 72.9 cm³/mol. The van der Waals surface area contributed by atoms with Crippen LogP contribution in [0.15, 0.2) is 24.4 Å². The highest BCUT2D eigenvalue weighted by atomic mass is 19.2. The zero-order valence-electron chi connectivity index (χ0n) is 11.0. The number of nitrogens with one attached hydrogen (secondary N) is 1. The lowest BCUT2D eigenvalue weighted by Gasteiger charge is -2.27. The van der Waals surface area contributed by atoms with E-state index in [1.807, 2.05) is 7.05 Å². The molecule has 100 valence electrons. The molecular weight excluding hydrogens is 246 g/mol. The molecule has 0 amide bonds. The molecule has 4 heteroatoms. The maximum absolute atomic E-state index is 13.7. The van der Waals surface area contributed by atoms with E-state index in [9.17, 15) is 8.78 Å². The molecule has 0 saturated carbocycles. The van der Waals surface area contributed by atoms with Crippen LogP contribution < -0.4 is 0 Å². The van der Waals surface area contributed by atoms with Crippen molar-refractivity contribution in [3.8, 4) is 0 Å². The minimum Gasteiger partial charge on any atom is -0.361 e. The van der Waals surface area contributed by atoms with Gasteiger partial charge in [-0.2, -0.15) is 0 Å². The maximum atomic E-state index is 13.7. The van der Waals surface area contributed by atoms with Gasteiger partial charge in [0.1, 0.15) is 0 Å². The molecule has 1 atom stereocenters. The normalized spacial score (nSPS) is 20.8. The van der Waals surface area contributed by atoms with Gasteiger partial charge in [0.15, 0.2) is 11.6 Å². The van der Waals surface area contributed by atoms with Gasteiger partial charge in [-0.3, -0.25) is 0 Å². The second kappa shape index (κ2) is 4.46. The average Bonchev–Trinajstić information content (AvgIpc) is 2.81. The van der Waals surface area contributed by atoms with Crippen molar-refractivity contribution in [2.75, 3.05) is 20.1 Å². The minimum absolute atomic E-state index is 0.316. The Morgan fingerprint density at radius 3 is 2.89 bits per heavy atom. The number of H-pyrrole nitrogens is 1. The minimum atomic E-state index is -0.788. The Morgan fingerprint density at radius 1 is 1.37 bits per heavy atom. The Hall–Kier alpha value is -1.68. The van der Waals surface area contributed by atoms with Gasteiger partial charge in [-0.1, -0.05) is 13.0 Å². The van der Waals surface area contributed by atoms with E-state index in [2.05, 4.69) is 22.9 Å². The van der Waals surface area contributed by atoms with Crippen molar-refractivity contribution < 1.29 is 8.78 Å². The molecular formula is C15H16F2N2. The Labute approximate surface area is 110 Å². The average molecular weight is 262 g/mol. The summed E-state index contributed by atoms with van der Waals surface area (Å²) < 4.78 is 27.4. The lowest BCUT2D eigenvalue weighted by molar-refractivity contribution is 0.330. The fourth-order valence-corrected chi connectivity index (χ4v) is 2.89. The summed E-state index contributed by atoms with van der Waals surface area (Å²) in [6, 6.07) is 2.87. The van der Waals surface area contributed by atoms with E-state index < -0.39 is 11.6 Å². The molecule has 0 unspecified atom stereocenters. The van der Waals surface area contributed by atoms with Gasteiger partial charge in [0.25, 0.3) is 0 Å². The third-order valence-electron chi connectivity index (χ3n) is 3.61. The molecule has 2 heterocycles. The second-order valence-electron chi connectivity index (χ2n) is 5.35. The smallest absolute Gasteiger partial charge is 0.168 e. The molecule has 1 aliphatic rings. The second-order valence-corrected chi connectivity index (χ2v) is 5.35. The highest BCUT2D eigenvalue weighted by Crippen LogP contribution is 2.31. The molecule has 1 aliphatic heterocycles. The quantitative estimate of drug-likeness (QED) is 0.834. The summed E-state index contributed by atoms with van der Waals surface area (Å²) in [6.07, 6.45) is 3.79. The summed E-state index contributed by atoms with van der Waals surface area (Å²) in [5, 5.41) is 0.316. The van der Waals surface area contributed by atoms with Crippen molar-refractivity contribution in [2.45, 2.75) is 6.92 Å². The van der Waals surface area contributed by atoms with Crippen molar-refractivity contribution in [1.82, 2.24) is 9.88 Å². The van der Waals surface area contributed by atoms with E-state index in [4.69, 9.17) is 0 Å². The summed E-state index contributed by atoms with van der Waals surface area (Å²) >= 11 is 0. The monoisotopic (exact) mass is 262 g/mol. The number of hydrogen-bond acceptors (Lipinski definition) is 1. The molecule has 0 spiro atoms. The third kappa shape index (κ3) is 2.06. The van der Waals surface area contributed by atoms with Crippen LogP contribution in [0, 0.1) is 17.6 Å². The zero-order chi connectivity index (χ0) is 13.6. The van der Waals surface area contributed by atoms with Gasteiger partial charge >= 0.3 is 0 Å². The lowest BCUT2D eigenvalue weighted by atomic mass is 9.95. The number of aromatic nitrogens is 1. The van der Waals surface area contributed by atoms with Crippen LogP contribution in [-0.4, -0.2) is 30.0 Å². The molecule has 0 bridgehead atoms. The number of likely N-dealkylation sites (N-methyl/N-ethyl adjacent to an activating group) is 1. The van der Waals surface area contributed by atoms with Gasteiger partial charge in [0.2, 0.25) is 0 Å². The number of nitrogens with zero attached hydrogens (tertiary/aromatic N) is 1. The van der Waals surface area contributed by atoms with E-state index in [1.54, 1.807) is 12.3 Å². The van der Waals surface area contributed by atoms with Crippen molar-refractivity contribution in [2.24, 2.45) is 5.92 Å². The lowest BCUT2D eigenvalue weighted by Crippen LogP contribution is -2.29. The van der Waals surface area contributed by atoms with Gasteiger partial charge in [0, 0.05) is 30.2 Å². The first-order valence-corrected chi connectivity index (χ1v) is 6.41. The van der Waals surface area contributed by atoms with Gasteiger partial charge in [0.05, 0.1) is 5.52 Å². The molecule has 19 heavy (non-hydrogen) atoms. The highest BCUT2D eigenvalue weighted by molar-refractivity contribution is 5.92. The first kappa shape index (κ1) is 12.4. The van der Waals surface area contributed by atoms with Crippen LogP contribution >= 0.6 is 0 Å². The third-order valence-corrected chi connectivity index (χ3v) is 3.61. The molecule has 1 aromatic heterocycles. The first-order chi connectivity index (χ1) is 9.06. The van der Waals surface area contributed by atoms with Crippen molar-refractivity contribution >= 4 is 16.5 Å². The van der Waals surface area contributed by atoms with Crippen LogP contribution in [0.3, 0.4) is 0 Å². The Balaban J connectivity index is 2.20. The standard InChI is InChI=1S/C15H16F2N2/c1-9-5-10(8-19(2)7-9)12-6-13(16)14(17)11-3-4-18-15(11)12/h3-6,9,18H,7-8H2,1-2H3/t9-/m1/s1. The first-order valence-electron chi connectivity index (χ1n) is 6.41. The van der Waals surface area contributed by atoms with Crippen LogP contribution in [0.4, 0.5) is 8.78 Å². The van der Waals surface area contributed by atoms with Crippen LogP contribution in [-0.2, 0) is 0 Å². The number of halogens is 2. The number of fused-ring (bicyclic) bond motifs is 1. The predicted octanol–water partition coefficient (Wildman–Crippen LogP) is 3.41. The van der Waals surface area contributed by atoms with E-state index in [0.29, 0.717) is 16.8 Å². The van der Waals surface area contributed by atoms with Crippen molar-refractivity contribution in [1.29, 1.82) is 0 Å². The van der Waals surface area contributed by atoms with Gasteiger partial charge in [-0.05, 0) is 30.7 Å². The van der Waals surface area contributed by atoms with Crippen LogP contribution in [0.25, 0.3) is 16.5 Å². The van der Waals surface area contributed by atoms with Gasteiger partial charge in [-0.15, -0.1) is 0 Å². The molecule has 0 radical (unpaired) electrons. The summed E-state index contributed by atoms with van der Waals surface area (Å²) in [5.41, 5.74) is 2.48. The summed E-state index contributed by atoms with van der Waals surface area (Å²) in [4.78, 5) is 5.21. The van der Waals surface area contributed by atoms with Gasteiger partial charge in [-0.25, -0.2) is 8.78 Å². The van der Waals surface area contributed by atoms with Crippen molar-refractivity contribution in [3.63, 3.8) is 0 Å². The van der Waals surface area contributed by atoms with Crippen LogP contribution in [0.2, 0.25) is 0 Å². The molecule has 2 aromatic rings. The molecule has 0 fully saturated rings. The molecule has 0 aliphatic carbocycles. The molecule has 0 saturated heterocycles. The van der Waals surface area contributed by atoms with E-state index >= 15 is 0 Å². The Morgan fingerprint density at radius 2 is 2.16 bits per heavy atom. The number of rotatable bonds is 1. The summed E-state index contributed by atoms with van der Waals surface area (Å²) in [5.74, 6) is -1.16. The fourth-order valence-electron chi connectivity index (χ4n) is 2.89. The molecule has 2 nitrogen and oxygen atoms in total. The van der Waals surface area contributed by atoms with E-state index in [0.717, 1.165) is 24.2 Å². The van der Waals surface area contributed by atoms with Crippen LogP contribution in [0.1, 0.15) is 12.5 Å². The number of hydrogen-bond donors (Lipinski definition) is 1. The SMILES string of the molecule is C[C@@H]1C=C(c2cc(F)c(F)c3cc[nH]c23)CN(C)C1. The Bertz CT molecular complexity index is 657. The van der Waals surface area contributed by atoms with Crippen LogP contribution in [0.5, 0.6) is 0 Å². The highest BCUT2D eigenvalue weighted by Gasteiger charge is 2.20. The van der Waals surface area contributed by atoms with E-state index in [-0.39, 0.29) is 0 Å². The topological polar surface area (TPSA) is 19.0 Å². The number of aromatic amines is 1. The summed E-state index contributed by atoms with van der Waals surface area (Å²) in [6.45, 7) is 3.87.